The van der Waals surface area contributed by atoms with Crippen LogP contribution in [0.2, 0.25) is 0 Å². The fourth-order valence-corrected chi connectivity index (χ4v) is 3.82. The number of thiazole rings is 1. The third-order valence-corrected chi connectivity index (χ3v) is 5.17. The topological polar surface area (TPSA) is 48.2 Å². The predicted molar refractivity (Wildman–Crippen MR) is 84.4 cm³/mol. The summed E-state index contributed by atoms with van der Waals surface area (Å²) in [5.41, 5.74) is 1.88. The zero-order valence-corrected chi connectivity index (χ0v) is 13.2. The number of aromatic nitrogens is 2. The first-order valence-corrected chi connectivity index (χ1v) is 7.85. The second kappa shape index (κ2) is 5.43. The van der Waals surface area contributed by atoms with Gasteiger partial charge in [0.15, 0.2) is 5.76 Å². The summed E-state index contributed by atoms with van der Waals surface area (Å²) in [6.07, 6.45) is 1.61. The minimum Gasteiger partial charge on any atom is -0.486 e. The Labute approximate surface area is 129 Å². The Morgan fingerprint density at radius 1 is 1.45 bits per heavy atom. The Kier molecular flexibility index (Phi) is 3.64. The maximum Gasteiger partial charge on any atom is 0.201 e. The lowest BCUT2D eigenvalue weighted by Crippen LogP contribution is -1.94. The molecule has 0 spiro atoms. The molecular formula is C13H10N2O2S3. The summed E-state index contributed by atoms with van der Waals surface area (Å²) < 4.78 is 10.2. The highest BCUT2D eigenvalue weighted by Crippen LogP contribution is 2.35. The average molecular weight is 322 g/mol. The number of ether oxygens (including phenoxy) is 1. The van der Waals surface area contributed by atoms with Gasteiger partial charge >= 0.3 is 0 Å². The van der Waals surface area contributed by atoms with E-state index in [2.05, 4.69) is 17.1 Å². The number of thiophene rings is 1. The van der Waals surface area contributed by atoms with Gasteiger partial charge in [-0.25, -0.2) is 4.98 Å². The summed E-state index contributed by atoms with van der Waals surface area (Å²) in [6.45, 7) is 2.05. The SMILES string of the molecule is COC(=S)c1cc(-c2nc(-c3ccno3)cs2)c(C)s1. The fraction of sp³-hybridized carbons (Fsp3) is 0.154. The Morgan fingerprint density at radius 3 is 3.00 bits per heavy atom. The van der Waals surface area contributed by atoms with E-state index >= 15 is 0 Å². The first-order chi connectivity index (χ1) is 9.69. The molecule has 0 radical (unpaired) electrons. The Balaban J connectivity index is 1.97. The highest BCUT2D eigenvalue weighted by molar-refractivity contribution is 7.80. The Morgan fingerprint density at radius 2 is 2.30 bits per heavy atom. The van der Waals surface area contributed by atoms with Gasteiger partial charge in [-0.3, -0.25) is 0 Å². The van der Waals surface area contributed by atoms with E-state index in [0.717, 1.165) is 26.0 Å². The van der Waals surface area contributed by atoms with E-state index in [0.29, 0.717) is 10.8 Å². The third kappa shape index (κ3) is 2.39. The van der Waals surface area contributed by atoms with Crippen molar-refractivity contribution in [2.75, 3.05) is 7.11 Å². The van der Waals surface area contributed by atoms with Gasteiger partial charge in [0.1, 0.15) is 10.7 Å². The number of methoxy groups -OCH3 is 1. The van der Waals surface area contributed by atoms with Crippen LogP contribution in [0.4, 0.5) is 0 Å². The molecule has 0 aliphatic heterocycles. The molecule has 3 aromatic heterocycles. The maximum atomic E-state index is 5.16. The highest BCUT2D eigenvalue weighted by atomic mass is 32.1. The molecule has 4 nitrogen and oxygen atoms in total. The van der Waals surface area contributed by atoms with Crippen molar-refractivity contribution in [2.24, 2.45) is 0 Å². The van der Waals surface area contributed by atoms with Crippen molar-refractivity contribution in [1.82, 2.24) is 10.1 Å². The molecule has 0 unspecified atom stereocenters. The molecule has 0 amide bonds. The summed E-state index contributed by atoms with van der Waals surface area (Å²) in [5, 5.41) is 7.10. The third-order valence-electron chi connectivity index (χ3n) is 2.73. The number of hydrogen-bond donors (Lipinski definition) is 0. The molecule has 0 saturated heterocycles. The van der Waals surface area contributed by atoms with Gasteiger partial charge in [0, 0.05) is 21.9 Å². The van der Waals surface area contributed by atoms with Gasteiger partial charge in [-0.05, 0) is 25.2 Å². The summed E-state index contributed by atoms with van der Waals surface area (Å²) in [6, 6.07) is 3.82. The van der Waals surface area contributed by atoms with Crippen molar-refractivity contribution in [1.29, 1.82) is 0 Å². The van der Waals surface area contributed by atoms with Crippen molar-refractivity contribution in [3.05, 3.63) is 33.5 Å². The van der Waals surface area contributed by atoms with Gasteiger partial charge in [-0.2, -0.15) is 0 Å². The molecule has 0 aromatic carbocycles. The molecular weight excluding hydrogens is 312 g/mol. The van der Waals surface area contributed by atoms with E-state index in [9.17, 15) is 0 Å². The van der Waals surface area contributed by atoms with Crippen molar-refractivity contribution in [2.45, 2.75) is 6.92 Å². The lowest BCUT2D eigenvalue weighted by Gasteiger charge is -1.95. The average Bonchev–Trinajstić information content (AvgIpc) is 3.16. The summed E-state index contributed by atoms with van der Waals surface area (Å²) in [4.78, 5) is 6.70. The summed E-state index contributed by atoms with van der Waals surface area (Å²) in [5.74, 6) is 0.674. The molecule has 7 heteroatoms. The molecule has 0 bridgehead atoms. The van der Waals surface area contributed by atoms with Gasteiger partial charge < -0.3 is 9.26 Å². The van der Waals surface area contributed by atoms with Gasteiger partial charge in [-0.1, -0.05) is 5.16 Å². The van der Waals surface area contributed by atoms with Crippen LogP contribution in [0.5, 0.6) is 0 Å². The fourth-order valence-electron chi connectivity index (χ4n) is 1.75. The highest BCUT2D eigenvalue weighted by Gasteiger charge is 2.15. The Bertz CT molecular complexity index is 744. The number of rotatable bonds is 3. The lowest BCUT2D eigenvalue weighted by atomic mass is 10.2. The second-order valence-electron chi connectivity index (χ2n) is 3.99. The molecule has 0 atom stereocenters. The molecule has 0 fully saturated rings. The van der Waals surface area contributed by atoms with Crippen LogP contribution in [-0.2, 0) is 4.74 Å². The molecule has 20 heavy (non-hydrogen) atoms. The second-order valence-corrected chi connectivity index (χ2v) is 6.47. The van der Waals surface area contributed by atoms with Crippen LogP contribution in [0.15, 0.2) is 28.2 Å². The van der Waals surface area contributed by atoms with E-state index in [-0.39, 0.29) is 0 Å². The van der Waals surface area contributed by atoms with Crippen LogP contribution in [0, 0.1) is 6.92 Å². The zero-order valence-electron chi connectivity index (χ0n) is 10.7. The molecule has 0 saturated carbocycles. The molecule has 0 aliphatic carbocycles. The van der Waals surface area contributed by atoms with Gasteiger partial charge in [0.25, 0.3) is 0 Å². The van der Waals surface area contributed by atoms with Crippen molar-refractivity contribution in [3.8, 4) is 22.0 Å². The van der Waals surface area contributed by atoms with Crippen LogP contribution in [0.3, 0.4) is 0 Å². The monoisotopic (exact) mass is 322 g/mol. The molecule has 3 aromatic rings. The van der Waals surface area contributed by atoms with Crippen molar-refractivity contribution < 1.29 is 9.26 Å². The van der Waals surface area contributed by atoms with Crippen LogP contribution in [0.1, 0.15) is 9.75 Å². The summed E-state index contributed by atoms with van der Waals surface area (Å²) in [7, 11) is 1.59. The zero-order chi connectivity index (χ0) is 14.1. The largest absolute Gasteiger partial charge is 0.486 e. The van der Waals surface area contributed by atoms with Crippen LogP contribution in [-0.4, -0.2) is 22.3 Å². The number of nitrogens with zero attached hydrogens (tertiary/aromatic N) is 2. The molecule has 0 N–H and O–H groups in total. The van der Waals surface area contributed by atoms with Gasteiger partial charge in [-0.15, -0.1) is 22.7 Å². The number of aryl methyl sites for hydroxylation is 1. The predicted octanol–water partition coefficient (Wildman–Crippen LogP) is 4.16. The van der Waals surface area contributed by atoms with E-state index in [4.69, 9.17) is 21.5 Å². The first-order valence-electron chi connectivity index (χ1n) is 5.74. The normalized spacial score (nSPS) is 10.7. The quantitative estimate of drug-likeness (QED) is 0.678. The van der Waals surface area contributed by atoms with E-state index < -0.39 is 0 Å². The van der Waals surface area contributed by atoms with Crippen molar-refractivity contribution >= 4 is 39.9 Å². The molecule has 3 heterocycles. The standard InChI is InChI=1S/C13H10N2O2S3/c1-7-8(5-11(20-7)13(18)16-2)12-15-9(6-19-12)10-3-4-14-17-10/h3-6H,1-2H3. The molecule has 0 aliphatic rings. The minimum atomic E-state index is 0.511. The first kappa shape index (κ1) is 13.4. The van der Waals surface area contributed by atoms with E-state index in [1.165, 1.54) is 0 Å². The van der Waals surface area contributed by atoms with Crippen LogP contribution in [0.25, 0.3) is 22.0 Å². The van der Waals surface area contributed by atoms with Crippen molar-refractivity contribution in [3.63, 3.8) is 0 Å². The lowest BCUT2D eigenvalue weighted by molar-refractivity contribution is 0.417. The van der Waals surface area contributed by atoms with Crippen LogP contribution >= 0.6 is 34.9 Å². The number of hydrogen-bond acceptors (Lipinski definition) is 7. The number of thiocarbonyl (C=S) groups is 1. The van der Waals surface area contributed by atoms with E-state index in [1.807, 2.05) is 11.4 Å². The van der Waals surface area contributed by atoms with Crippen LogP contribution < -0.4 is 0 Å². The summed E-state index contributed by atoms with van der Waals surface area (Å²) >= 11 is 8.35. The Hall–Kier alpha value is -1.57. The smallest absolute Gasteiger partial charge is 0.201 e. The minimum absolute atomic E-state index is 0.511. The maximum absolute atomic E-state index is 5.16. The molecule has 102 valence electrons. The van der Waals surface area contributed by atoms with Gasteiger partial charge in [0.05, 0.1) is 18.2 Å². The molecule has 3 rings (SSSR count). The van der Waals surface area contributed by atoms with E-state index in [1.54, 1.807) is 42.0 Å². The van der Waals surface area contributed by atoms with Gasteiger partial charge in [0.2, 0.25) is 5.05 Å².